The lowest BCUT2D eigenvalue weighted by Gasteiger charge is -2.32. The smallest absolute Gasteiger partial charge is 0.408 e. The summed E-state index contributed by atoms with van der Waals surface area (Å²) in [5, 5.41) is 18.1. The molecule has 5 nitrogen and oxygen atoms in total. The average Bonchev–Trinajstić information content (AvgIpc) is 2.54. The first kappa shape index (κ1) is 13.5. The largest absolute Gasteiger partial charge is 0.479 e. The number of carbonyl (C=O) groups is 2. The first-order valence-electron chi connectivity index (χ1n) is 4.88. The molecule has 1 heterocycles. The number of carboxylic acids is 1. The molecule has 2 atom stereocenters. The second-order valence-corrected chi connectivity index (χ2v) is 4.90. The Hall–Kier alpha value is -0.600. The third kappa shape index (κ3) is 2.38. The lowest BCUT2D eigenvalue weighted by Crippen LogP contribution is -2.52. The molecule has 0 bridgehead atoms. The van der Waals surface area contributed by atoms with E-state index in [1.807, 2.05) is 0 Å². The molecule has 1 saturated heterocycles. The minimum Gasteiger partial charge on any atom is -0.479 e. The maximum absolute atomic E-state index is 13.2. The molecule has 16 heavy (non-hydrogen) atoms. The van der Waals surface area contributed by atoms with Crippen LogP contribution in [0.4, 0.5) is 9.18 Å². The van der Waals surface area contributed by atoms with Crippen molar-refractivity contribution in [1.29, 1.82) is 0 Å². The average molecular weight is 345 g/mol. The third-order valence-electron chi connectivity index (χ3n) is 2.81. The fourth-order valence-electron chi connectivity index (χ4n) is 2.08. The summed E-state index contributed by atoms with van der Waals surface area (Å²) in [6.07, 6.45) is -2.27. The molecule has 2 N–H and O–H groups in total. The van der Waals surface area contributed by atoms with Crippen LogP contribution in [0.2, 0.25) is 0 Å². The van der Waals surface area contributed by atoms with E-state index in [-0.39, 0.29) is 19.4 Å². The highest BCUT2D eigenvalue weighted by Gasteiger charge is 2.53. The van der Waals surface area contributed by atoms with E-state index in [1.165, 1.54) is 0 Å². The molecule has 0 aromatic heterocycles. The normalized spacial score (nSPS) is 29.4. The van der Waals surface area contributed by atoms with E-state index in [2.05, 4.69) is 22.6 Å². The van der Waals surface area contributed by atoms with Gasteiger partial charge in [-0.3, -0.25) is 4.90 Å². The van der Waals surface area contributed by atoms with Crippen LogP contribution in [0.5, 0.6) is 0 Å². The number of amides is 1. The topological polar surface area (TPSA) is 77.8 Å². The summed E-state index contributed by atoms with van der Waals surface area (Å²) >= 11 is 2.08. The van der Waals surface area contributed by atoms with Crippen molar-refractivity contribution in [3.8, 4) is 0 Å². The standard InChI is InChI=1S/C9H13FINO4/c10-6-4-9(7(13)14,2-1-3-11)12(5-6)8(15)16/h6H,1-5H2,(H,13,14)(H,15,16)/t6-,9-/m1/s1. The molecule has 1 amide bonds. The summed E-state index contributed by atoms with van der Waals surface area (Å²) in [5.74, 6) is -1.25. The molecular weight excluding hydrogens is 332 g/mol. The van der Waals surface area contributed by atoms with Gasteiger partial charge in [0.2, 0.25) is 0 Å². The van der Waals surface area contributed by atoms with Crippen molar-refractivity contribution in [3.05, 3.63) is 0 Å². The Morgan fingerprint density at radius 1 is 1.50 bits per heavy atom. The number of carboxylic acid groups (broad SMARTS) is 2. The van der Waals surface area contributed by atoms with Crippen molar-refractivity contribution in [2.75, 3.05) is 11.0 Å². The molecule has 0 unspecified atom stereocenters. The van der Waals surface area contributed by atoms with Crippen LogP contribution < -0.4 is 0 Å². The molecule has 92 valence electrons. The lowest BCUT2D eigenvalue weighted by atomic mass is 9.90. The predicted octanol–water partition coefficient (Wildman–Crippen LogP) is 1.75. The molecule has 7 heteroatoms. The van der Waals surface area contributed by atoms with Crippen LogP contribution in [0.3, 0.4) is 0 Å². The Balaban J connectivity index is 2.96. The molecular formula is C9H13FINO4. The number of alkyl halides is 2. The van der Waals surface area contributed by atoms with Gasteiger partial charge in [-0.15, -0.1) is 0 Å². The molecule has 1 aliphatic heterocycles. The SMILES string of the molecule is O=C(O)N1C[C@H](F)C[C@]1(CCCI)C(=O)O. The van der Waals surface area contributed by atoms with Gasteiger partial charge in [-0.2, -0.15) is 0 Å². The van der Waals surface area contributed by atoms with Crippen LogP contribution in [0.15, 0.2) is 0 Å². The zero-order valence-corrected chi connectivity index (χ0v) is 10.7. The van der Waals surface area contributed by atoms with Crippen molar-refractivity contribution in [2.24, 2.45) is 0 Å². The van der Waals surface area contributed by atoms with Crippen molar-refractivity contribution in [1.82, 2.24) is 4.90 Å². The Labute approximate surface area is 106 Å². The molecule has 0 aromatic carbocycles. The van der Waals surface area contributed by atoms with E-state index in [0.29, 0.717) is 6.42 Å². The second-order valence-electron chi connectivity index (χ2n) is 3.82. The van der Waals surface area contributed by atoms with Crippen molar-refractivity contribution in [2.45, 2.75) is 31.0 Å². The molecule has 0 aromatic rings. The maximum atomic E-state index is 13.2. The summed E-state index contributed by atoms with van der Waals surface area (Å²) < 4.78 is 14.0. The van der Waals surface area contributed by atoms with Gasteiger partial charge in [-0.1, -0.05) is 22.6 Å². The summed E-state index contributed by atoms with van der Waals surface area (Å²) in [7, 11) is 0. The maximum Gasteiger partial charge on any atom is 0.408 e. The Kier molecular flexibility index (Phi) is 4.34. The fourth-order valence-corrected chi connectivity index (χ4v) is 2.46. The van der Waals surface area contributed by atoms with Gasteiger partial charge in [0.1, 0.15) is 11.7 Å². The first-order chi connectivity index (χ1) is 7.44. The molecule has 0 spiro atoms. The molecule has 1 fully saturated rings. The van der Waals surface area contributed by atoms with Gasteiger partial charge in [0, 0.05) is 6.42 Å². The summed E-state index contributed by atoms with van der Waals surface area (Å²) in [4.78, 5) is 22.9. The third-order valence-corrected chi connectivity index (χ3v) is 3.57. The molecule has 0 radical (unpaired) electrons. The Morgan fingerprint density at radius 3 is 2.56 bits per heavy atom. The number of hydrogen-bond donors (Lipinski definition) is 2. The quantitative estimate of drug-likeness (QED) is 0.601. The van der Waals surface area contributed by atoms with Crippen molar-refractivity contribution >= 4 is 34.7 Å². The van der Waals surface area contributed by atoms with Crippen molar-refractivity contribution in [3.63, 3.8) is 0 Å². The molecule has 0 aliphatic carbocycles. The highest BCUT2D eigenvalue weighted by Crippen LogP contribution is 2.35. The van der Waals surface area contributed by atoms with Crippen LogP contribution in [-0.4, -0.2) is 49.9 Å². The minimum atomic E-state index is -1.57. The van der Waals surface area contributed by atoms with Gasteiger partial charge in [0.15, 0.2) is 0 Å². The van der Waals surface area contributed by atoms with Crippen LogP contribution >= 0.6 is 22.6 Å². The number of hydrogen-bond acceptors (Lipinski definition) is 2. The zero-order chi connectivity index (χ0) is 12.3. The van der Waals surface area contributed by atoms with E-state index in [0.717, 1.165) is 9.33 Å². The monoisotopic (exact) mass is 345 g/mol. The van der Waals surface area contributed by atoms with Crippen LogP contribution in [0.25, 0.3) is 0 Å². The first-order valence-corrected chi connectivity index (χ1v) is 6.40. The summed E-state index contributed by atoms with van der Waals surface area (Å²) in [5.41, 5.74) is -1.57. The van der Waals surface area contributed by atoms with Crippen molar-refractivity contribution < 1.29 is 24.2 Å². The fraction of sp³-hybridized carbons (Fsp3) is 0.778. The summed E-state index contributed by atoms with van der Waals surface area (Å²) in [6, 6.07) is 0. The van der Waals surface area contributed by atoms with E-state index < -0.39 is 23.8 Å². The number of rotatable bonds is 4. The van der Waals surface area contributed by atoms with Crippen LogP contribution in [0, 0.1) is 0 Å². The minimum absolute atomic E-state index is 0.165. The van der Waals surface area contributed by atoms with Gasteiger partial charge in [-0.05, 0) is 17.3 Å². The van der Waals surface area contributed by atoms with Gasteiger partial charge >= 0.3 is 12.1 Å². The van der Waals surface area contributed by atoms with Gasteiger partial charge in [-0.25, -0.2) is 14.0 Å². The number of halogens is 2. The molecule has 0 saturated carbocycles. The predicted molar refractivity (Wildman–Crippen MR) is 62.7 cm³/mol. The van der Waals surface area contributed by atoms with E-state index in [1.54, 1.807) is 0 Å². The number of likely N-dealkylation sites (tertiary alicyclic amines) is 1. The van der Waals surface area contributed by atoms with Gasteiger partial charge < -0.3 is 10.2 Å². The van der Waals surface area contributed by atoms with Crippen LogP contribution in [0.1, 0.15) is 19.3 Å². The highest BCUT2D eigenvalue weighted by molar-refractivity contribution is 14.1. The highest BCUT2D eigenvalue weighted by atomic mass is 127. The Morgan fingerprint density at radius 2 is 2.12 bits per heavy atom. The zero-order valence-electron chi connectivity index (χ0n) is 8.53. The summed E-state index contributed by atoms with van der Waals surface area (Å²) in [6.45, 7) is -0.344. The van der Waals surface area contributed by atoms with E-state index in [4.69, 9.17) is 10.2 Å². The number of nitrogens with zero attached hydrogens (tertiary/aromatic N) is 1. The molecule has 1 rings (SSSR count). The van der Waals surface area contributed by atoms with Crippen LogP contribution in [-0.2, 0) is 4.79 Å². The molecule has 1 aliphatic rings. The number of aliphatic carboxylic acids is 1. The second kappa shape index (κ2) is 5.15. The Bertz CT molecular complexity index is 301. The van der Waals surface area contributed by atoms with Gasteiger partial charge in [0.25, 0.3) is 0 Å². The lowest BCUT2D eigenvalue weighted by molar-refractivity contribution is -0.149. The van der Waals surface area contributed by atoms with Gasteiger partial charge in [0.05, 0.1) is 6.54 Å². The van der Waals surface area contributed by atoms with E-state index >= 15 is 0 Å². The van der Waals surface area contributed by atoms with E-state index in [9.17, 15) is 14.0 Å².